The third kappa shape index (κ3) is 4.05. The van der Waals surface area contributed by atoms with E-state index in [-0.39, 0.29) is 23.5 Å². The van der Waals surface area contributed by atoms with E-state index < -0.39 is 9.84 Å². The van der Waals surface area contributed by atoms with Gasteiger partial charge >= 0.3 is 0 Å². The van der Waals surface area contributed by atoms with Crippen LogP contribution in [0.25, 0.3) is 0 Å². The molecule has 0 N–H and O–H groups in total. The fourth-order valence-corrected chi connectivity index (χ4v) is 3.59. The van der Waals surface area contributed by atoms with Crippen LogP contribution in [0.1, 0.15) is 32.6 Å². The predicted octanol–water partition coefficient (Wildman–Crippen LogP) is 2.26. The Hall–Kier alpha value is -1.56. The number of nitrogens with zero attached hydrogens (tertiary/aromatic N) is 1. The molecule has 23 heavy (non-hydrogen) atoms. The van der Waals surface area contributed by atoms with E-state index >= 15 is 0 Å². The first-order chi connectivity index (χ1) is 10.9. The molecule has 0 aliphatic heterocycles. The lowest BCUT2D eigenvalue weighted by atomic mass is 10.1. The van der Waals surface area contributed by atoms with Gasteiger partial charge in [0.25, 0.3) is 5.91 Å². The molecule has 0 bridgehead atoms. The predicted molar refractivity (Wildman–Crippen MR) is 87.1 cm³/mol. The molecule has 0 radical (unpaired) electrons. The topological polar surface area (TPSA) is 63.7 Å². The maximum atomic E-state index is 12.5. The average molecular weight is 337 g/mol. The van der Waals surface area contributed by atoms with Crippen LogP contribution >= 0.6 is 0 Å². The van der Waals surface area contributed by atoms with Crippen molar-refractivity contribution in [2.75, 3.05) is 12.9 Å². The molecule has 5 nitrogen and oxygen atoms in total. The fraction of sp³-hybridized carbons (Fsp3) is 0.588. The summed E-state index contributed by atoms with van der Waals surface area (Å²) in [7, 11) is -3.28. The summed E-state index contributed by atoms with van der Waals surface area (Å²) in [5, 5.41) is 0. The summed E-state index contributed by atoms with van der Waals surface area (Å²) in [5.74, 6) is 1.04. The van der Waals surface area contributed by atoms with Gasteiger partial charge in [0.15, 0.2) is 16.4 Å². The summed E-state index contributed by atoms with van der Waals surface area (Å²) in [5.41, 5.74) is 0. The van der Waals surface area contributed by atoms with E-state index in [1.165, 1.54) is 25.0 Å². The van der Waals surface area contributed by atoms with Crippen LogP contribution in [0.2, 0.25) is 0 Å². The lowest BCUT2D eigenvalue weighted by molar-refractivity contribution is -0.136. The number of sulfone groups is 1. The van der Waals surface area contributed by atoms with Crippen LogP contribution in [0, 0.1) is 5.92 Å². The second-order valence-corrected chi connectivity index (χ2v) is 8.66. The number of ether oxygens (including phenoxy) is 1. The summed E-state index contributed by atoms with van der Waals surface area (Å²) in [6, 6.07) is 6.93. The Balaban J connectivity index is 1.64. The largest absolute Gasteiger partial charge is 0.484 e. The Bertz CT molecular complexity index is 692. The number of amides is 1. The molecule has 3 rings (SSSR count). The van der Waals surface area contributed by atoms with E-state index in [4.69, 9.17) is 4.74 Å². The molecule has 0 saturated heterocycles. The summed E-state index contributed by atoms with van der Waals surface area (Å²) < 4.78 is 28.7. The molecule has 6 heteroatoms. The van der Waals surface area contributed by atoms with Crippen LogP contribution in [-0.2, 0) is 14.6 Å². The minimum Gasteiger partial charge on any atom is -0.484 e. The lowest BCUT2D eigenvalue weighted by Gasteiger charge is -2.29. The standard InChI is InChI=1S/C17H23NO4S/c1-12(13-6-7-13)18(14-8-9-14)17(19)11-22-15-4-3-5-16(10-15)23(2,20)21/h3-5,10,12-14H,6-9,11H2,1-2H3/t12-/m1/s1. The smallest absolute Gasteiger partial charge is 0.261 e. The van der Waals surface area contributed by atoms with E-state index in [0.29, 0.717) is 17.7 Å². The first-order valence-electron chi connectivity index (χ1n) is 8.10. The highest BCUT2D eigenvalue weighted by Gasteiger charge is 2.41. The molecule has 126 valence electrons. The van der Waals surface area contributed by atoms with Gasteiger partial charge in [-0.25, -0.2) is 8.42 Å². The van der Waals surface area contributed by atoms with Crippen LogP contribution in [-0.4, -0.2) is 44.2 Å². The number of carbonyl (C=O) groups excluding carboxylic acids is 1. The van der Waals surface area contributed by atoms with Crippen molar-refractivity contribution in [3.8, 4) is 5.75 Å². The maximum absolute atomic E-state index is 12.5. The molecular weight excluding hydrogens is 314 g/mol. The number of hydrogen-bond donors (Lipinski definition) is 0. The zero-order chi connectivity index (χ0) is 16.6. The van der Waals surface area contributed by atoms with Gasteiger partial charge in [0.05, 0.1) is 4.90 Å². The third-order valence-corrected chi connectivity index (χ3v) is 5.68. The Morgan fingerprint density at radius 3 is 2.57 bits per heavy atom. The SMILES string of the molecule is C[C@H](C1CC1)N(C(=O)COc1cccc(S(C)(=O)=O)c1)C1CC1. The van der Waals surface area contributed by atoms with Gasteiger partial charge in [-0.3, -0.25) is 4.79 Å². The maximum Gasteiger partial charge on any atom is 0.261 e. The van der Waals surface area contributed by atoms with Crippen LogP contribution in [0.4, 0.5) is 0 Å². The van der Waals surface area contributed by atoms with Crippen LogP contribution in [0.15, 0.2) is 29.2 Å². The molecule has 1 aromatic rings. The van der Waals surface area contributed by atoms with Crippen molar-refractivity contribution in [3.63, 3.8) is 0 Å². The van der Waals surface area contributed by atoms with Crippen molar-refractivity contribution in [1.82, 2.24) is 4.90 Å². The van der Waals surface area contributed by atoms with Gasteiger partial charge < -0.3 is 9.64 Å². The zero-order valence-electron chi connectivity index (χ0n) is 13.6. The number of rotatable bonds is 7. The van der Waals surface area contributed by atoms with E-state index in [1.807, 2.05) is 4.90 Å². The minimum absolute atomic E-state index is 0.00309. The molecular formula is C17H23NO4S. The highest BCUT2D eigenvalue weighted by Crippen LogP contribution is 2.39. The van der Waals surface area contributed by atoms with Crippen molar-refractivity contribution in [2.24, 2.45) is 5.92 Å². The van der Waals surface area contributed by atoms with E-state index in [1.54, 1.807) is 12.1 Å². The molecule has 1 aromatic carbocycles. The Labute approximate surface area is 137 Å². The summed E-state index contributed by atoms with van der Waals surface area (Å²) in [6.45, 7) is 2.08. The highest BCUT2D eigenvalue weighted by atomic mass is 32.2. The minimum atomic E-state index is -3.28. The van der Waals surface area contributed by atoms with Crippen LogP contribution in [0.5, 0.6) is 5.75 Å². The van der Waals surface area contributed by atoms with Crippen LogP contribution in [0.3, 0.4) is 0 Å². The Kier molecular flexibility index (Phi) is 4.36. The summed E-state index contributed by atoms with van der Waals surface area (Å²) in [6.07, 6.45) is 5.71. The van der Waals surface area contributed by atoms with Crippen molar-refractivity contribution in [3.05, 3.63) is 24.3 Å². The van der Waals surface area contributed by atoms with Gasteiger partial charge in [-0.2, -0.15) is 0 Å². The van der Waals surface area contributed by atoms with Gasteiger partial charge in [0.2, 0.25) is 0 Å². The molecule has 2 aliphatic carbocycles. The Morgan fingerprint density at radius 2 is 2.00 bits per heavy atom. The summed E-state index contributed by atoms with van der Waals surface area (Å²) >= 11 is 0. The molecule has 0 heterocycles. The van der Waals surface area contributed by atoms with Gasteiger partial charge in [-0.1, -0.05) is 6.07 Å². The second-order valence-electron chi connectivity index (χ2n) is 6.65. The van der Waals surface area contributed by atoms with Gasteiger partial charge in [-0.05, 0) is 56.7 Å². The number of hydrogen-bond acceptors (Lipinski definition) is 4. The molecule has 2 aliphatic rings. The van der Waals surface area contributed by atoms with E-state index in [2.05, 4.69) is 6.92 Å². The highest BCUT2D eigenvalue weighted by molar-refractivity contribution is 7.90. The van der Waals surface area contributed by atoms with Crippen molar-refractivity contribution in [1.29, 1.82) is 0 Å². The fourth-order valence-electron chi connectivity index (χ4n) is 2.94. The van der Waals surface area contributed by atoms with Gasteiger partial charge in [-0.15, -0.1) is 0 Å². The van der Waals surface area contributed by atoms with E-state index in [0.717, 1.165) is 19.1 Å². The molecule has 0 aromatic heterocycles. The number of carbonyl (C=O) groups is 1. The first-order valence-corrected chi connectivity index (χ1v) is 9.99. The Morgan fingerprint density at radius 1 is 1.30 bits per heavy atom. The van der Waals surface area contributed by atoms with Crippen LogP contribution < -0.4 is 4.74 Å². The molecule has 1 atom stereocenters. The first kappa shape index (κ1) is 16.3. The second kappa shape index (κ2) is 6.15. The van der Waals surface area contributed by atoms with Gasteiger partial charge in [0.1, 0.15) is 5.75 Å². The van der Waals surface area contributed by atoms with Gasteiger partial charge in [0, 0.05) is 18.3 Å². The number of benzene rings is 1. The average Bonchev–Trinajstić information content (AvgIpc) is 3.37. The van der Waals surface area contributed by atoms with E-state index in [9.17, 15) is 13.2 Å². The lowest BCUT2D eigenvalue weighted by Crippen LogP contribution is -2.44. The monoisotopic (exact) mass is 337 g/mol. The van der Waals surface area contributed by atoms with Crippen molar-refractivity contribution >= 4 is 15.7 Å². The molecule has 2 fully saturated rings. The van der Waals surface area contributed by atoms with Crippen molar-refractivity contribution in [2.45, 2.75) is 49.6 Å². The summed E-state index contributed by atoms with van der Waals surface area (Å²) in [4.78, 5) is 14.7. The third-order valence-electron chi connectivity index (χ3n) is 4.57. The molecule has 0 spiro atoms. The molecule has 2 saturated carbocycles. The molecule has 0 unspecified atom stereocenters. The normalized spacial score (nSPS) is 19.2. The molecule has 1 amide bonds. The quantitative estimate of drug-likeness (QED) is 0.765. The van der Waals surface area contributed by atoms with Crippen molar-refractivity contribution < 1.29 is 17.9 Å². The zero-order valence-corrected chi connectivity index (χ0v) is 14.4.